The zero-order chi connectivity index (χ0) is 21.8. The second-order valence-electron chi connectivity index (χ2n) is 8.87. The lowest BCUT2D eigenvalue weighted by Gasteiger charge is -2.14. The summed E-state index contributed by atoms with van der Waals surface area (Å²) in [6.07, 6.45) is 21.8. The van der Waals surface area contributed by atoms with Gasteiger partial charge in [-0.15, -0.1) is 0 Å². The molecule has 0 fully saturated rings. The molecule has 2 N–H and O–H groups in total. The molecule has 0 saturated heterocycles. The maximum Gasteiger partial charge on any atom is 0.267 e. The van der Waals surface area contributed by atoms with Gasteiger partial charge in [0, 0.05) is 0 Å². The van der Waals surface area contributed by atoms with Gasteiger partial charge in [0.2, 0.25) is 0 Å². The lowest BCUT2D eigenvalue weighted by molar-refractivity contribution is 0.156. The summed E-state index contributed by atoms with van der Waals surface area (Å²) in [5.74, 6) is 0. The van der Waals surface area contributed by atoms with Crippen LogP contribution >= 0.6 is 0 Å². The SMILES string of the molecule is CCCCCCCCCCCCCCCCC(CCCCC(O)CC)S(=O)(=O)O. The third-order valence-corrected chi connectivity index (χ3v) is 7.40. The van der Waals surface area contributed by atoms with E-state index in [2.05, 4.69) is 6.92 Å². The van der Waals surface area contributed by atoms with Crippen LogP contribution in [0.4, 0.5) is 0 Å². The van der Waals surface area contributed by atoms with Crippen molar-refractivity contribution in [2.45, 2.75) is 154 Å². The van der Waals surface area contributed by atoms with E-state index in [1.54, 1.807) is 0 Å². The van der Waals surface area contributed by atoms with Crippen LogP contribution in [-0.2, 0) is 10.1 Å². The van der Waals surface area contributed by atoms with E-state index in [4.69, 9.17) is 0 Å². The Bertz CT molecular complexity index is 436. The first-order valence-electron chi connectivity index (χ1n) is 12.6. The van der Waals surface area contributed by atoms with E-state index in [1.165, 1.54) is 70.6 Å². The molecule has 0 radical (unpaired) electrons. The van der Waals surface area contributed by atoms with E-state index < -0.39 is 15.4 Å². The highest BCUT2D eigenvalue weighted by atomic mass is 32.2. The summed E-state index contributed by atoms with van der Waals surface area (Å²) in [4.78, 5) is 0. The van der Waals surface area contributed by atoms with Crippen LogP contribution in [0, 0.1) is 0 Å². The number of hydrogen-bond donors (Lipinski definition) is 2. The van der Waals surface area contributed by atoms with Gasteiger partial charge in [-0.1, -0.05) is 117 Å². The summed E-state index contributed by atoms with van der Waals surface area (Å²) in [6, 6.07) is 0. The number of hydrogen-bond acceptors (Lipinski definition) is 3. The second-order valence-corrected chi connectivity index (χ2v) is 10.6. The lowest BCUT2D eigenvalue weighted by Crippen LogP contribution is -2.20. The molecule has 0 spiro atoms. The van der Waals surface area contributed by atoms with Crippen LogP contribution in [-0.4, -0.2) is 29.4 Å². The van der Waals surface area contributed by atoms with Gasteiger partial charge in [0.05, 0.1) is 11.4 Å². The fourth-order valence-corrected chi connectivity index (χ4v) is 4.89. The second kappa shape index (κ2) is 19.8. The van der Waals surface area contributed by atoms with Crippen molar-refractivity contribution in [3.8, 4) is 0 Å². The molecule has 0 bridgehead atoms. The molecule has 0 aromatic heterocycles. The van der Waals surface area contributed by atoms with Crippen LogP contribution in [0.1, 0.15) is 142 Å². The van der Waals surface area contributed by atoms with Gasteiger partial charge < -0.3 is 5.11 Å². The molecule has 176 valence electrons. The minimum absolute atomic E-state index is 0.287. The maximum atomic E-state index is 11.6. The minimum atomic E-state index is -3.95. The Morgan fingerprint density at radius 2 is 0.931 bits per heavy atom. The summed E-state index contributed by atoms with van der Waals surface area (Å²) < 4.78 is 32.6. The summed E-state index contributed by atoms with van der Waals surface area (Å²) >= 11 is 0. The average Bonchev–Trinajstić information content (AvgIpc) is 2.68. The Hall–Kier alpha value is -0.130. The third-order valence-electron chi connectivity index (χ3n) is 6.09. The molecule has 0 aromatic carbocycles. The molecule has 2 atom stereocenters. The first kappa shape index (κ1) is 28.9. The highest BCUT2D eigenvalue weighted by molar-refractivity contribution is 7.86. The lowest BCUT2D eigenvalue weighted by atomic mass is 10.0. The average molecular weight is 435 g/mol. The van der Waals surface area contributed by atoms with Crippen LogP contribution in [0.2, 0.25) is 0 Å². The Morgan fingerprint density at radius 1 is 0.586 bits per heavy atom. The fourth-order valence-electron chi connectivity index (χ4n) is 3.96. The van der Waals surface area contributed by atoms with Crippen molar-refractivity contribution in [1.82, 2.24) is 0 Å². The smallest absolute Gasteiger partial charge is 0.267 e. The standard InChI is InChI=1S/C24H50O4S/c1-3-5-6-7-8-9-10-11-12-13-14-15-16-17-21-24(29(26,27)28)22-19-18-20-23(25)4-2/h23-25H,3-22H2,1-2H3,(H,26,27,28). The molecule has 0 aliphatic rings. The number of unbranched alkanes of at least 4 members (excludes halogenated alkanes) is 14. The van der Waals surface area contributed by atoms with Crippen LogP contribution < -0.4 is 0 Å². The van der Waals surface area contributed by atoms with Crippen molar-refractivity contribution in [3.05, 3.63) is 0 Å². The van der Waals surface area contributed by atoms with E-state index in [0.717, 1.165) is 38.5 Å². The molecule has 0 amide bonds. The molecule has 5 heteroatoms. The largest absolute Gasteiger partial charge is 0.393 e. The zero-order valence-electron chi connectivity index (χ0n) is 19.4. The molecule has 0 heterocycles. The van der Waals surface area contributed by atoms with Gasteiger partial charge in [-0.25, -0.2) is 0 Å². The minimum Gasteiger partial charge on any atom is -0.393 e. The van der Waals surface area contributed by atoms with E-state index in [-0.39, 0.29) is 6.10 Å². The highest BCUT2D eigenvalue weighted by Gasteiger charge is 2.21. The first-order valence-corrected chi connectivity index (χ1v) is 14.1. The molecule has 0 aliphatic carbocycles. The predicted molar refractivity (Wildman–Crippen MR) is 125 cm³/mol. The van der Waals surface area contributed by atoms with Crippen molar-refractivity contribution in [1.29, 1.82) is 0 Å². The number of aliphatic hydroxyl groups is 1. The zero-order valence-corrected chi connectivity index (χ0v) is 20.2. The van der Waals surface area contributed by atoms with E-state index in [1.807, 2.05) is 6.92 Å². The summed E-state index contributed by atoms with van der Waals surface area (Å²) in [5.41, 5.74) is 0. The van der Waals surface area contributed by atoms with Gasteiger partial charge in [-0.3, -0.25) is 4.55 Å². The normalized spacial score (nSPS) is 14.2. The molecular formula is C24H50O4S. The van der Waals surface area contributed by atoms with Gasteiger partial charge in [-0.05, 0) is 25.7 Å². The van der Waals surface area contributed by atoms with Gasteiger partial charge in [-0.2, -0.15) is 8.42 Å². The molecule has 0 aromatic rings. The summed E-state index contributed by atoms with van der Waals surface area (Å²) in [5, 5.41) is 8.93. The first-order chi connectivity index (χ1) is 13.9. The van der Waals surface area contributed by atoms with Crippen molar-refractivity contribution in [3.63, 3.8) is 0 Å². The molecule has 29 heavy (non-hydrogen) atoms. The fraction of sp³-hybridized carbons (Fsp3) is 1.00. The molecule has 2 unspecified atom stereocenters. The van der Waals surface area contributed by atoms with Gasteiger partial charge in [0.1, 0.15) is 0 Å². The maximum absolute atomic E-state index is 11.6. The van der Waals surface area contributed by atoms with Gasteiger partial charge in [0.15, 0.2) is 0 Å². The molecule has 4 nitrogen and oxygen atoms in total. The molecule has 0 aliphatic heterocycles. The van der Waals surface area contributed by atoms with Crippen molar-refractivity contribution in [2.24, 2.45) is 0 Å². The van der Waals surface area contributed by atoms with Gasteiger partial charge in [0.25, 0.3) is 10.1 Å². The Balaban J connectivity index is 3.59. The summed E-state index contributed by atoms with van der Waals surface area (Å²) in [6.45, 7) is 4.20. The van der Waals surface area contributed by atoms with E-state index in [9.17, 15) is 18.1 Å². The van der Waals surface area contributed by atoms with Crippen molar-refractivity contribution in [2.75, 3.05) is 0 Å². The Labute approximate surface area is 182 Å². The van der Waals surface area contributed by atoms with E-state index in [0.29, 0.717) is 19.3 Å². The van der Waals surface area contributed by atoms with Crippen LogP contribution in [0.3, 0.4) is 0 Å². The van der Waals surface area contributed by atoms with Crippen LogP contribution in [0.25, 0.3) is 0 Å². The molecule has 0 saturated carbocycles. The Morgan fingerprint density at radius 3 is 1.31 bits per heavy atom. The van der Waals surface area contributed by atoms with Crippen molar-refractivity contribution < 1.29 is 18.1 Å². The van der Waals surface area contributed by atoms with Crippen LogP contribution in [0.15, 0.2) is 0 Å². The molecular weight excluding hydrogens is 384 g/mol. The summed E-state index contributed by atoms with van der Waals surface area (Å²) in [7, 11) is -3.95. The number of aliphatic hydroxyl groups excluding tert-OH is 1. The topological polar surface area (TPSA) is 74.6 Å². The van der Waals surface area contributed by atoms with Crippen molar-refractivity contribution >= 4 is 10.1 Å². The Kier molecular flexibility index (Phi) is 19.7. The monoisotopic (exact) mass is 434 g/mol. The van der Waals surface area contributed by atoms with Gasteiger partial charge >= 0.3 is 0 Å². The van der Waals surface area contributed by atoms with Crippen LogP contribution in [0.5, 0.6) is 0 Å². The number of rotatable bonds is 22. The molecule has 0 rings (SSSR count). The predicted octanol–water partition coefficient (Wildman–Crippen LogP) is 7.45. The van der Waals surface area contributed by atoms with E-state index >= 15 is 0 Å². The quantitative estimate of drug-likeness (QED) is 0.137. The highest BCUT2D eigenvalue weighted by Crippen LogP contribution is 2.19. The third kappa shape index (κ3) is 19.6.